The molecule has 0 saturated carbocycles. The SMILES string of the molecule is CC(O)[C@@H](N)C(=O)NN(C)C(=S)[C@@H](CC(N)=O)NC(=O)N[C@H](CO)C(=O)O. The molecule has 0 heterocycles. The molecule has 0 aromatic heterocycles. The monoisotopic (exact) mass is 408 g/mol. The van der Waals surface area contributed by atoms with Crippen LogP contribution in [0.1, 0.15) is 13.3 Å². The summed E-state index contributed by atoms with van der Waals surface area (Å²) in [6, 6.07) is -5.04. The molecule has 0 bridgehead atoms. The molecule has 10 N–H and O–H groups in total. The van der Waals surface area contributed by atoms with Crippen molar-refractivity contribution in [2.45, 2.75) is 37.6 Å². The van der Waals surface area contributed by atoms with Gasteiger partial charge in [-0.25, -0.2) is 9.59 Å². The molecule has 4 amide bonds. The van der Waals surface area contributed by atoms with E-state index in [1.165, 1.54) is 14.0 Å². The number of nitrogens with one attached hydrogen (secondary N) is 3. The highest BCUT2D eigenvalue weighted by Crippen LogP contribution is 2.00. The van der Waals surface area contributed by atoms with Crippen LogP contribution in [-0.4, -0.2) is 87.0 Å². The minimum Gasteiger partial charge on any atom is -0.480 e. The summed E-state index contributed by atoms with van der Waals surface area (Å²) in [4.78, 5) is 45.6. The van der Waals surface area contributed by atoms with Crippen LogP contribution < -0.4 is 27.5 Å². The molecule has 4 atom stereocenters. The lowest BCUT2D eigenvalue weighted by Gasteiger charge is -2.28. The van der Waals surface area contributed by atoms with Gasteiger partial charge in [0.15, 0.2) is 6.04 Å². The molecule has 0 fully saturated rings. The van der Waals surface area contributed by atoms with E-state index in [0.29, 0.717) is 0 Å². The first-order chi connectivity index (χ1) is 12.4. The third-order valence-corrected chi connectivity index (χ3v) is 3.78. The van der Waals surface area contributed by atoms with Gasteiger partial charge in [0, 0.05) is 7.05 Å². The number of nitrogens with zero attached hydrogens (tertiary/aromatic N) is 1. The highest BCUT2D eigenvalue weighted by Gasteiger charge is 2.27. The summed E-state index contributed by atoms with van der Waals surface area (Å²) in [5, 5.41) is 32.2. The Morgan fingerprint density at radius 2 is 1.70 bits per heavy atom. The summed E-state index contributed by atoms with van der Waals surface area (Å²) < 4.78 is 0. The third-order valence-electron chi connectivity index (χ3n) is 3.23. The largest absolute Gasteiger partial charge is 0.480 e. The van der Waals surface area contributed by atoms with Crippen molar-refractivity contribution < 1.29 is 34.5 Å². The van der Waals surface area contributed by atoms with E-state index in [4.69, 9.17) is 33.9 Å². The van der Waals surface area contributed by atoms with Crippen LogP contribution in [0.4, 0.5) is 4.79 Å². The van der Waals surface area contributed by atoms with Crippen LogP contribution in [-0.2, 0) is 14.4 Å². The fourth-order valence-corrected chi connectivity index (χ4v) is 1.88. The number of carbonyl (C=O) groups is 4. The van der Waals surface area contributed by atoms with E-state index in [9.17, 15) is 24.3 Å². The van der Waals surface area contributed by atoms with E-state index in [0.717, 1.165) is 5.01 Å². The van der Waals surface area contributed by atoms with Gasteiger partial charge in [-0.05, 0) is 6.92 Å². The Morgan fingerprint density at radius 1 is 1.19 bits per heavy atom. The number of carboxylic acids is 1. The number of hydrazine groups is 1. The van der Waals surface area contributed by atoms with Crippen molar-refractivity contribution in [3.63, 3.8) is 0 Å². The Hall–Kier alpha value is -2.55. The molecular formula is C13H24N6O7S. The van der Waals surface area contributed by atoms with Crippen molar-refractivity contribution in [2.75, 3.05) is 13.7 Å². The van der Waals surface area contributed by atoms with Crippen molar-refractivity contribution in [3.8, 4) is 0 Å². The van der Waals surface area contributed by atoms with Crippen LogP contribution >= 0.6 is 12.2 Å². The zero-order valence-corrected chi connectivity index (χ0v) is 15.5. The Labute approximate surface area is 160 Å². The fraction of sp³-hybridized carbons (Fsp3) is 0.615. The zero-order valence-electron chi connectivity index (χ0n) is 14.7. The number of carbonyl (C=O) groups excluding carboxylic acids is 3. The molecular weight excluding hydrogens is 384 g/mol. The predicted octanol–water partition coefficient (Wildman–Crippen LogP) is -4.03. The summed E-state index contributed by atoms with van der Waals surface area (Å²) >= 11 is 5.09. The number of thiocarbonyl (C=S) groups is 1. The first-order valence-corrected chi connectivity index (χ1v) is 8.02. The van der Waals surface area contributed by atoms with Crippen LogP contribution in [0.5, 0.6) is 0 Å². The minimum absolute atomic E-state index is 0.147. The van der Waals surface area contributed by atoms with Crippen molar-refractivity contribution in [2.24, 2.45) is 11.5 Å². The topological polar surface area (TPSA) is 220 Å². The summed E-state index contributed by atoms with van der Waals surface area (Å²) in [6.45, 7) is 0.450. The number of amides is 4. The number of carboxylic acid groups (broad SMARTS) is 1. The zero-order chi connectivity index (χ0) is 21.3. The number of aliphatic hydroxyl groups is 2. The molecule has 14 heteroatoms. The van der Waals surface area contributed by atoms with Crippen LogP contribution in [0.2, 0.25) is 0 Å². The quantitative estimate of drug-likeness (QED) is 0.136. The number of nitrogens with two attached hydrogens (primary N) is 2. The van der Waals surface area contributed by atoms with Gasteiger partial charge < -0.3 is 37.4 Å². The number of hydrogen-bond acceptors (Lipinski definition) is 8. The number of rotatable bonds is 9. The second kappa shape index (κ2) is 11.2. The third kappa shape index (κ3) is 8.59. The Balaban J connectivity index is 5.08. The number of aliphatic hydroxyl groups excluding tert-OH is 2. The van der Waals surface area contributed by atoms with Gasteiger partial charge in [0.1, 0.15) is 11.0 Å². The molecule has 0 rings (SSSR count). The van der Waals surface area contributed by atoms with Gasteiger partial charge in [0.05, 0.1) is 25.2 Å². The van der Waals surface area contributed by atoms with E-state index in [-0.39, 0.29) is 4.99 Å². The molecule has 0 spiro atoms. The first-order valence-electron chi connectivity index (χ1n) is 7.61. The van der Waals surface area contributed by atoms with Gasteiger partial charge >= 0.3 is 12.0 Å². The molecule has 154 valence electrons. The molecule has 0 aliphatic carbocycles. The van der Waals surface area contributed by atoms with Gasteiger partial charge in [-0.15, -0.1) is 0 Å². The van der Waals surface area contributed by atoms with Crippen molar-refractivity contribution in [1.29, 1.82) is 0 Å². The van der Waals surface area contributed by atoms with Gasteiger partial charge in [0.2, 0.25) is 5.91 Å². The summed E-state index contributed by atoms with van der Waals surface area (Å²) in [5.41, 5.74) is 12.9. The normalized spacial score (nSPS) is 14.9. The lowest BCUT2D eigenvalue weighted by molar-refractivity contribution is -0.140. The number of likely N-dealkylation sites (N-methyl/N-ethyl adjacent to an activating group) is 1. The van der Waals surface area contributed by atoms with Crippen molar-refractivity contribution in [1.82, 2.24) is 21.1 Å². The van der Waals surface area contributed by atoms with Crippen LogP contribution in [0.3, 0.4) is 0 Å². The second-order valence-corrected chi connectivity index (χ2v) is 5.97. The number of aliphatic carboxylic acids is 1. The molecule has 0 aliphatic heterocycles. The maximum Gasteiger partial charge on any atom is 0.328 e. The maximum atomic E-state index is 11.9. The minimum atomic E-state index is -1.57. The average Bonchev–Trinajstić information content (AvgIpc) is 2.56. The van der Waals surface area contributed by atoms with Crippen molar-refractivity contribution in [3.05, 3.63) is 0 Å². The van der Waals surface area contributed by atoms with Crippen LogP contribution in [0.15, 0.2) is 0 Å². The summed E-state index contributed by atoms with van der Waals surface area (Å²) in [5.74, 6) is -3.08. The molecule has 0 aromatic carbocycles. The van der Waals surface area contributed by atoms with Crippen molar-refractivity contribution >= 4 is 41.0 Å². The van der Waals surface area contributed by atoms with E-state index >= 15 is 0 Å². The van der Waals surface area contributed by atoms with Crippen LogP contribution in [0.25, 0.3) is 0 Å². The average molecular weight is 408 g/mol. The molecule has 13 nitrogen and oxygen atoms in total. The fourth-order valence-electron chi connectivity index (χ4n) is 1.69. The molecule has 0 aliphatic rings. The maximum absolute atomic E-state index is 11.9. The molecule has 0 saturated heterocycles. The van der Waals surface area contributed by atoms with Gasteiger partial charge in [-0.2, -0.15) is 0 Å². The smallest absolute Gasteiger partial charge is 0.328 e. The van der Waals surface area contributed by atoms with E-state index in [2.05, 4.69) is 10.7 Å². The lowest BCUT2D eigenvalue weighted by Crippen LogP contribution is -2.59. The summed E-state index contributed by atoms with van der Waals surface area (Å²) in [7, 11) is 1.30. The molecule has 1 unspecified atom stereocenters. The van der Waals surface area contributed by atoms with Crippen LogP contribution in [0, 0.1) is 0 Å². The number of hydrogen-bond donors (Lipinski definition) is 8. The van der Waals surface area contributed by atoms with E-state index in [1.54, 1.807) is 0 Å². The van der Waals surface area contributed by atoms with Gasteiger partial charge in [0.25, 0.3) is 5.91 Å². The standard InChI is InChI=1S/C13H24N6O7S/c1-5(21)9(15)10(23)18-19(2)11(27)6(3-8(14)22)16-13(26)17-7(4-20)12(24)25/h5-7,9,20-21H,3-4,15H2,1-2H3,(H2,14,22)(H,18,23)(H,24,25)(H2,16,17,26)/t5?,6-,7-,9-/m1/s1. The van der Waals surface area contributed by atoms with Gasteiger partial charge in [-0.3, -0.25) is 20.0 Å². The molecule has 27 heavy (non-hydrogen) atoms. The number of urea groups is 1. The second-order valence-electron chi connectivity index (χ2n) is 5.55. The van der Waals surface area contributed by atoms with E-state index < -0.39 is 61.1 Å². The Morgan fingerprint density at radius 3 is 2.11 bits per heavy atom. The molecule has 0 aromatic rings. The molecule has 0 radical (unpaired) electrons. The first kappa shape index (κ1) is 24.5. The predicted molar refractivity (Wildman–Crippen MR) is 95.9 cm³/mol. The summed E-state index contributed by atoms with van der Waals surface area (Å²) in [6.07, 6.45) is -1.59. The van der Waals surface area contributed by atoms with E-state index in [1.807, 2.05) is 5.32 Å². The number of primary amides is 1. The highest BCUT2D eigenvalue weighted by molar-refractivity contribution is 7.80. The van der Waals surface area contributed by atoms with Gasteiger partial charge in [-0.1, -0.05) is 12.2 Å². The highest BCUT2D eigenvalue weighted by atomic mass is 32.1. The Bertz CT molecular complexity index is 588. The Kier molecular flexibility index (Phi) is 10.2. The lowest BCUT2D eigenvalue weighted by atomic mass is 10.2.